The van der Waals surface area contributed by atoms with Crippen LogP contribution in [0.3, 0.4) is 0 Å². The maximum atomic E-state index is 12.3. The topological polar surface area (TPSA) is 41.6 Å². The Morgan fingerprint density at radius 2 is 1.87 bits per heavy atom. The molecule has 0 atom stereocenters. The minimum atomic E-state index is 0.0179. The molecule has 0 aliphatic carbocycles. The van der Waals surface area contributed by atoms with Crippen LogP contribution in [-0.4, -0.2) is 49.7 Å². The first kappa shape index (κ1) is 16.9. The monoisotopic (exact) mass is 380 g/mol. The first-order valence-electron chi connectivity index (χ1n) is 8.58. The van der Waals surface area contributed by atoms with E-state index in [-0.39, 0.29) is 5.91 Å². The van der Waals surface area contributed by atoms with Crippen molar-refractivity contribution in [3.8, 4) is 0 Å². The number of benzene rings is 1. The molecule has 2 aliphatic heterocycles. The van der Waals surface area contributed by atoms with Gasteiger partial charge in [0, 0.05) is 30.3 Å². The summed E-state index contributed by atoms with van der Waals surface area (Å²) >= 11 is 3.44. The fourth-order valence-corrected chi connectivity index (χ4v) is 4.01. The van der Waals surface area contributed by atoms with E-state index in [0.717, 1.165) is 37.3 Å². The molecule has 126 valence electrons. The van der Waals surface area contributed by atoms with Gasteiger partial charge in [0.25, 0.3) is 5.91 Å². The zero-order chi connectivity index (χ0) is 16.1. The summed E-state index contributed by atoms with van der Waals surface area (Å²) < 4.78 is 6.30. The largest absolute Gasteiger partial charge is 0.381 e. The predicted molar refractivity (Wildman–Crippen MR) is 94.6 cm³/mol. The summed E-state index contributed by atoms with van der Waals surface area (Å²) in [6.07, 6.45) is 4.69. The Labute approximate surface area is 146 Å². The van der Waals surface area contributed by atoms with E-state index in [4.69, 9.17) is 4.74 Å². The average Bonchev–Trinajstić information content (AvgIpc) is 2.61. The molecule has 2 saturated heterocycles. The summed E-state index contributed by atoms with van der Waals surface area (Å²) in [5.41, 5.74) is 0.715. The molecule has 4 nitrogen and oxygen atoms in total. The van der Waals surface area contributed by atoms with Crippen molar-refractivity contribution in [2.75, 3.05) is 32.8 Å². The van der Waals surface area contributed by atoms with Crippen LogP contribution in [0.25, 0.3) is 0 Å². The van der Waals surface area contributed by atoms with Gasteiger partial charge in [-0.1, -0.05) is 12.1 Å². The molecule has 0 spiro atoms. The molecule has 0 bridgehead atoms. The molecule has 0 unspecified atom stereocenters. The van der Waals surface area contributed by atoms with Gasteiger partial charge < -0.3 is 15.0 Å². The number of piperidine rings is 1. The van der Waals surface area contributed by atoms with Crippen molar-refractivity contribution in [1.82, 2.24) is 10.2 Å². The minimum Gasteiger partial charge on any atom is -0.381 e. The van der Waals surface area contributed by atoms with E-state index < -0.39 is 0 Å². The Morgan fingerprint density at radius 3 is 2.57 bits per heavy atom. The lowest BCUT2D eigenvalue weighted by molar-refractivity contribution is 0.0211. The normalized spacial score (nSPS) is 21.3. The van der Waals surface area contributed by atoms with E-state index in [9.17, 15) is 4.79 Å². The molecule has 1 aromatic carbocycles. The van der Waals surface area contributed by atoms with Gasteiger partial charge in [0.15, 0.2) is 0 Å². The second kappa shape index (κ2) is 8.27. The molecular formula is C18H25BrN2O2. The number of carbonyl (C=O) groups is 1. The van der Waals surface area contributed by atoms with Gasteiger partial charge in [0.1, 0.15) is 0 Å². The molecular weight excluding hydrogens is 356 g/mol. The number of hydrogen-bond donors (Lipinski definition) is 1. The molecule has 2 fully saturated rings. The summed E-state index contributed by atoms with van der Waals surface area (Å²) in [5, 5.41) is 3.10. The number of nitrogens with one attached hydrogen (secondary N) is 1. The third-order valence-corrected chi connectivity index (χ3v) is 5.72. The molecule has 23 heavy (non-hydrogen) atoms. The molecule has 2 heterocycles. The number of carbonyl (C=O) groups excluding carboxylic acids is 1. The van der Waals surface area contributed by atoms with Gasteiger partial charge in [-0.25, -0.2) is 0 Å². The molecule has 1 N–H and O–H groups in total. The third-order valence-electron chi connectivity index (χ3n) is 5.03. The van der Waals surface area contributed by atoms with E-state index in [1.54, 1.807) is 0 Å². The number of rotatable bonds is 4. The summed E-state index contributed by atoms with van der Waals surface area (Å²) in [7, 11) is 0. The standard InChI is InChI=1S/C18H25BrN2O2/c19-17-4-2-1-3-16(17)18(22)20-13-14-5-9-21(10-6-14)15-7-11-23-12-8-15/h1-4,14-15H,5-13H2,(H,20,22). The van der Waals surface area contributed by atoms with Crippen molar-refractivity contribution < 1.29 is 9.53 Å². The predicted octanol–water partition coefficient (Wildman–Crippen LogP) is 3.07. The highest BCUT2D eigenvalue weighted by Gasteiger charge is 2.26. The molecule has 1 amide bonds. The van der Waals surface area contributed by atoms with Crippen LogP contribution in [0.4, 0.5) is 0 Å². The van der Waals surface area contributed by atoms with E-state index in [0.29, 0.717) is 17.5 Å². The second-order valence-electron chi connectivity index (χ2n) is 6.51. The second-order valence-corrected chi connectivity index (χ2v) is 7.37. The lowest BCUT2D eigenvalue weighted by Crippen LogP contribution is -2.45. The van der Waals surface area contributed by atoms with Crippen LogP contribution in [-0.2, 0) is 4.74 Å². The summed E-state index contributed by atoms with van der Waals surface area (Å²) in [4.78, 5) is 14.9. The maximum Gasteiger partial charge on any atom is 0.252 e. The molecule has 1 aromatic rings. The first-order valence-corrected chi connectivity index (χ1v) is 9.38. The third kappa shape index (κ3) is 4.55. The molecule has 0 saturated carbocycles. The summed E-state index contributed by atoms with van der Waals surface area (Å²) in [6, 6.07) is 8.28. The molecule has 0 radical (unpaired) electrons. The Kier molecular flexibility index (Phi) is 6.08. The minimum absolute atomic E-state index is 0.0179. The zero-order valence-corrected chi connectivity index (χ0v) is 15.1. The molecule has 0 aromatic heterocycles. The smallest absolute Gasteiger partial charge is 0.252 e. The Bertz CT molecular complexity index is 524. The van der Waals surface area contributed by atoms with Crippen molar-refractivity contribution in [3.63, 3.8) is 0 Å². The lowest BCUT2D eigenvalue weighted by atomic mass is 9.94. The molecule has 5 heteroatoms. The number of hydrogen-bond acceptors (Lipinski definition) is 3. The van der Waals surface area contributed by atoms with Gasteiger partial charge in [-0.05, 0) is 72.8 Å². The Morgan fingerprint density at radius 1 is 1.17 bits per heavy atom. The molecule has 2 aliphatic rings. The van der Waals surface area contributed by atoms with Crippen LogP contribution in [0.2, 0.25) is 0 Å². The number of halogens is 1. The highest BCUT2D eigenvalue weighted by atomic mass is 79.9. The Hall–Kier alpha value is -0.910. The Balaban J connectivity index is 1.42. The SMILES string of the molecule is O=C(NCC1CCN(C2CCOCC2)CC1)c1ccccc1Br. The van der Waals surface area contributed by atoms with Crippen molar-refractivity contribution >= 4 is 21.8 Å². The summed E-state index contributed by atoms with van der Waals surface area (Å²) in [5.74, 6) is 0.613. The van der Waals surface area contributed by atoms with Crippen LogP contribution in [0, 0.1) is 5.92 Å². The number of amides is 1. The molecule has 3 rings (SSSR count). The number of likely N-dealkylation sites (tertiary alicyclic amines) is 1. The van der Waals surface area contributed by atoms with E-state index in [2.05, 4.69) is 26.1 Å². The summed E-state index contributed by atoms with van der Waals surface area (Å²) in [6.45, 7) is 4.90. The highest BCUT2D eigenvalue weighted by Crippen LogP contribution is 2.23. The van der Waals surface area contributed by atoms with Crippen LogP contribution >= 0.6 is 15.9 Å². The van der Waals surface area contributed by atoms with Crippen molar-refractivity contribution in [1.29, 1.82) is 0 Å². The zero-order valence-electron chi connectivity index (χ0n) is 13.5. The van der Waals surface area contributed by atoms with Crippen LogP contribution in [0.15, 0.2) is 28.7 Å². The maximum absolute atomic E-state index is 12.3. The fourth-order valence-electron chi connectivity index (χ4n) is 3.55. The van der Waals surface area contributed by atoms with E-state index >= 15 is 0 Å². The van der Waals surface area contributed by atoms with Crippen molar-refractivity contribution in [2.45, 2.75) is 31.7 Å². The first-order chi connectivity index (χ1) is 11.2. The van der Waals surface area contributed by atoms with Gasteiger partial charge in [0.05, 0.1) is 5.56 Å². The van der Waals surface area contributed by atoms with E-state index in [1.165, 1.54) is 25.7 Å². The van der Waals surface area contributed by atoms with Crippen LogP contribution < -0.4 is 5.32 Å². The fraction of sp³-hybridized carbons (Fsp3) is 0.611. The average molecular weight is 381 g/mol. The van der Waals surface area contributed by atoms with Gasteiger partial charge >= 0.3 is 0 Å². The quantitative estimate of drug-likeness (QED) is 0.872. The van der Waals surface area contributed by atoms with Crippen LogP contribution in [0.5, 0.6) is 0 Å². The van der Waals surface area contributed by atoms with Gasteiger partial charge in [-0.3, -0.25) is 4.79 Å². The van der Waals surface area contributed by atoms with Gasteiger partial charge in [-0.15, -0.1) is 0 Å². The highest BCUT2D eigenvalue weighted by molar-refractivity contribution is 9.10. The van der Waals surface area contributed by atoms with Gasteiger partial charge in [0.2, 0.25) is 0 Å². The number of ether oxygens (including phenoxy) is 1. The van der Waals surface area contributed by atoms with Crippen molar-refractivity contribution in [3.05, 3.63) is 34.3 Å². The van der Waals surface area contributed by atoms with E-state index in [1.807, 2.05) is 24.3 Å². The number of nitrogens with zero attached hydrogens (tertiary/aromatic N) is 1. The lowest BCUT2D eigenvalue weighted by Gasteiger charge is -2.39. The van der Waals surface area contributed by atoms with Crippen molar-refractivity contribution in [2.24, 2.45) is 5.92 Å². The van der Waals surface area contributed by atoms with Gasteiger partial charge in [-0.2, -0.15) is 0 Å². The van der Waals surface area contributed by atoms with Crippen LogP contribution in [0.1, 0.15) is 36.0 Å².